The Labute approximate surface area is 220 Å². The van der Waals surface area contributed by atoms with Crippen LogP contribution in [0.15, 0.2) is 59.5 Å². The summed E-state index contributed by atoms with van der Waals surface area (Å²) in [6, 6.07) is 0. The Morgan fingerprint density at radius 3 is 2.22 bits per heavy atom. The molecule has 1 rings (SSSR count). The van der Waals surface area contributed by atoms with Crippen LogP contribution in [-0.2, 0) is 9.59 Å². The lowest BCUT2D eigenvalue weighted by molar-refractivity contribution is -0.120. The third-order valence-corrected chi connectivity index (χ3v) is 5.61. The van der Waals surface area contributed by atoms with Gasteiger partial charge in [-0.05, 0) is 57.1 Å². The van der Waals surface area contributed by atoms with E-state index in [9.17, 15) is 18.4 Å². The molecule has 4 N–H and O–H groups in total. The quantitative estimate of drug-likeness (QED) is 0.0870. The van der Waals surface area contributed by atoms with Crippen molar-refractivity contribution in [1.29, 1.82) is 10.8 Å². The second-order valence-electron chi connectivity index (χ2n) is 10.1. The molecule has 7 nitrogen and oxygen atoms in total. The summed E-state index contributed by atoms with van der Waals surface area (Å²) in [7, 11) is 1.75. The third-order valence-electron chi connectivity index (χ3n) is 5.61. The lowest BCUT2D eigenvalue weighted by Crippen LogP contribution is -2.36. The van der Waals surface area contributed by atoms with Gasteiger partial charge in [-0.2, -0.15) is 0 Å². The summed E-state index contributed by atoms with van der Waals surface area (Å²) in [6.07, 6.45) is 7.56. The van der Waals surface area contributed by atoms with Crippen molar-refractivity contribution in [1.82, 2.24) is 15.5 Å². The average molecular weight is 520 g/mol. The van der Waals surface area contributed by atoms with E-state index in [1.165, 1.54) is 4.90 Å². The molecule has 1 saturated carbocycles. The number of amidine groups is 2. The van der Waals surface area contributed by atoms with Crippen LogP contribution in [-0.4, -0.2) is 42.4 Å². The van der Waals surface area contributed by atoms with Gasteiger partial charge in [0, 0.05) is 43.9 Å². The molecule has 0 radical (unpaired) electrons. The standard InChI is InChI=1S/C17H25F2NO.C11H18N4O/c1-12(2)14(15(19)8-7-9-18)11-20-16(21)10-13(3)17(4,5)6;1-8(6-14-2)15(11(13)7-16)10(12)5-9-3-4-9/h7-9H,3,10-11H2,1-2,4-6H3,(H,20,21);6-7,9,12-14H,3-5H2,1-2H3/b9-7+,15-8+;8-6-,12-10?,13-11?. The highest BCUT2D eigenvalue weighted by molar-refractivity contribution is 6.30. The van der Waals surface area contributed by atoms with E-state index < -0.39 is 5.83 Å². The first kappa shape index (κ1) is 33.6. The van der Waals surface area contributed by atoms with Crippen LogP contribution in [0, 0.1) is 22.2 Å². The van der Waals surface area contributed by atoms with Gasteiger partial charge in [0.25, 0.3) is 0 Å². The summed E-state index contributed by atoms with van der Waals surface area (Å²) in [5, 5.41) is 21.0. The highest BCUT2D eigenvalue weighted by Gasteiger charge is 2.27. The van der Waals surface area contributed by atoms with Crippen molar-refractivity contribution < 1.29 is 18.4 Å². The number of carbonyl (C=O) groups is 2. The monoisotopic (exact) mass is 519 g/mol. The lowest BCUT2D eigenvalue weighted by atomic mass is 9.85. The zero-order valence-electron chi connectivity index (χ0n) is 23.2. The summed E-state index contributed by atoms with van der Waals surface area (Å²) in [4.78, 5) is 23.9. The highest BCUT2D eigenvalue weighted by Crippen LogP contribution is 2.33. The van der Waals surface area contributed by atoms with Gasteiger partial charge < -0.3 is 10.6 Å². The number of nitrogens with one attached hydrogen (secondary N) is 4. The van der Waals surface area contributed by atoms with E-state index in [-0.39, 0.29) is 36.5 Å². The zero-order valence-corrected chi connectivity index (χ0v) is 23.2. The Hall–Kier alpha value is -3.36. The van der Waals surface area contributed by atoms with E-state index in [2.05, 4.69) is 17.2 Å². The first-order valence-corrected chi connectivity index (χ1v) is 12.2. The molecule has 0 saturated heterocycles. The molecule has 1 fully saturated rings. The van der Waals surface area contributed by atoms with E-state index in [1.807, 2.05) is 20.8 Å². The maximum absolute atomic E-state index is 13.8. The topological polar surface area (TPSA) is 109 Å². The lowest BCUT2D eigenvalue weighted by Gasteiger charge is -2.23. The van der Waals surface area contributed by atoms with Crippen LogP contribution in [0.5, 0.6) is 0 Å². The van der Waals surface area contributed by atoms with E-state index in [0.29, 0.717) is 35.7 Å². The van der Waals surface area contributed by atoms with Crippen molar-refractivity contribution in [2.24, 2.45) is 11.3 Å². The van der Waals surface area contributed by atoms with Crippen molar-refractivity contribution in [2.45, 2.75) is 67.2 Å². The first-order chi connectivity index (χ1) is 17.2. The van der Waals surface area contributed by atoms with E-state index in [0.717, 1.165) is 36.1 Å². The number of allylic oxidation sites excluding steroid dienone is 4. The number of rotatable bonds is 11. The molecule has 1 aliphatic carbocycles. The summed E-state index contributed by atoms with van der Waals surface area (Å²) in [5.41, 5.74) is 2.43. The van der Waals surface area contributed by atoms with Crippen LogP contribution in [0.3, 0.4) is 0 Å². The molecule has 0 aliphatic heterocycles. The Bertz CT molecular complexity index is 964. The van der Waals surface area contributed by atoms with Gasteiger partial charge in [-0.1, -0.05) is 38.5 Å². The molecule has 0 bridgehead atoms. The summed E-state index contributed by atoms with van der Waals surface area (Å²) >= 11 is 0. The van der Waals surface area contributed by atoms with Crippen LogP contribution < -0.4 is 10.6 Å². The predicted octanol–water partition coefficient (Wildman–Crippen LogP) is 6.09. The van der Waals surface area contributed by atoms with Gasteiger partial charge >= 0.3 is 0 Å². The second kappa shape index (κ2) is 16.4. The molecule has 37 heavy (non-hydrogen) atoms. The van der Waals surface area contributed by atoms with Crippen LogP contribution in [0.25, 0.3) is 0 Å². The second-order valence-corrected chi connectivity index (χ2v) is 10.1. The first-order valence-electron chi connectivity index (χ1n) is 12.2. The van der Waals surface area contributed by atoms with Crippen LogP contribution >= 0.6 is 0 Å². The minimum absolute atomic E-state index is 0.0705. The van der Waals surface area contributed by atoms with Gasteiger partial charge in [0.2, 0.25) is 5.91 Å². The Morgan fingerprint density at radius 2 is 1.78 bits per heavy atom. The molecule has 206 valence electrons. The molecule has 9 heteroatoms. The van der Waals surface area contributed by atoms with Crippen LogP contribution in [0.1, 0.15) is 67.2 Å². The molecule has 0 atom stereocenters. The SMILES string of the molecule is C=C(CC(=O)NCC(=C(C)C)/C(F)=C\C=C\F)C(C)(C)C.CN/C=C(/C)N(C(=N)C=O)C(=N)CC1CC1. The van der Waals surface area contributed by atoms with Crippen LogP contribution in [0.4, 0.5) is 8.78 Å². The smallest absolute Gasteiger partial charge is 0.224 e. The van der Waals surface area contributed by atoms with Gasteiger partial charge in [0.05, 0.1) is 6.33 Å². The predicted molar refractivity (Wildman–Crippen MR) is 148 cm³/mol. The molecular weight excluding hydrogens is 476 g/mol. The molecule has 0 heterocycles. The molecule has 1 amide bonds. The maximum Gasteiger partial charge on any atom is 0.224 e. The molecule has 0 aromatic heterocycles. The normalized spacial score (nSPS) is 13.8. The number of carbonyl (C=O) groups excluding carboxylic acids is 2. The Balaban J connectivity index is 0.000000724. The highest BCUT2D eigenvalue weighted by atomic mass is 19.1. The molecule has 0 aromatic carbocycles. The van der Waals surface area contributed by atoms with Crippen molar-refractivity contribution in [3.05, 3.63) is 59.5 Å². The van der Waals surface area contributed by atoms with Gasteiger partial charge in [-0.25, -0.2) is 8.78 Å². The molecule has 0 spiro atoms. The molecule has 0 unspecified atom stereocenters. The fourth-order valence-corrected chi connectivity index (χ4v) is 2.99. The average Bonchev–Trinajstić information content (AvgIpc) is 3.61. The third kappa shape index (κ3) is 13.5. The van der Waals surface area contributed by atoms with Crippen molar-refractivity contribution in [2.75, 3.05) is 13.6 Å². The number of hydrogen-bond donors (Lipinski definition) is 4. The fourth-order valence-electron chi connectivity index (χ4n) is 2.99. The van der Waals surface area contributed by atoms with Crippen molar-refractivity contribution in [3.63, 3.8) is 0 Å². The maximum atomic E-state index is 13.8. The number of aldehydes is 1. The summed E-state index contributed by atoms with van der Waals surface area (Å²) in [5.74, 6) is -0.0588. The number of nitrogens with zero attached hydrogens (tertiary/aromatic N) is 1. The minimum atomic E-state index is -0.557. The van der Waals surface area contributed by atoms with Gasteiger partial charge in [0.15, 0.2) is 12.1 Å². The molecular formula is C28H43F2N5O2. The van der Waals surface area contributed by atoms with Gasteiger partial charge in [-0.15, -0.1) is 0 Å². The van der Waals surface area contributed by atoms with E-state index in [1.54, 1.807) is 34.0 Å². The Kier molecular flexibility index (Phi) is 14.9. The largest absolute Gasteiger partial charge is 0.393 e. The van der Waals surface area contributed by atoms with Crippen molar-refractivity contribution in [3.8, 4) is 0 Å². The van der Waals surface area contributed by atoms with Crippen LogP contribution in [0.2, 0.25) is 0 Å². The van der Waals surface area contributed by atoms with Gasteiger partial charge in [0.1, 0.15) is 11.7 Å². The van der Waals surface area contributed by atoms with E-state index in [4.69, 9.17) is 10.8 Å². The fraction of sp³-hybridized carbons (Fsp3) is 0.500. The zero-order chi connectivity index (χ0) is 28.8. The molecule has 0 aromatic rings. The van der Waals surface area contributed by atoms with Crippen molar-refractivity contribution >= 4 is 23.9 Å². The number of hydrogen-bond acceptors (Lipinski definition) is 5. The molecule has 1 aliphatic rings. The summed E-state index contributed by atoms with van der Waals surface area (Å²) < 4.78 is 25.7. The minimum Gasteiger partial charge on any atom is -0.393 e. The van der Waals surface area contributed by atoms with Gasteiger partial charge in [-0.3, -0.25) is 25.3 Å². The van der Waals surface area contributed by atoms with E-state index >= 15 is 0 Å². The number of amides is 1. The summed E-state index contributed by atoms with van der Waals surface area (Å²) in [6.45, 7) is 15.2. The Morgan fingerprint density at radius 1 is 1.19 bits per heavy atom. The number of halogens is 2.